The van der Waals surface area contributed by atoms with Crippen molar-refractivity contribution in [3.05, 3.63) is 65.2 Å². The molecule has 0 heterocycles. The Labute approximate surface area is 176 Å². The second kappa shape index (κ2) is 10.7. The van der Waals surface area contributed by atoms with Gasteiger partial charge in [0.05, 0.1) is 0 Å². The van der Waals surface area contributed by atoms with Crippen LogP contribution in [0.1, 0.15) is 43.9 Å². The number of aryl methyl sites for hydroxylation is 2. The molecule has 0 atom stereocenters. The fraction of sp³-hybridized carbons (Fsp3) is 0.348. The minimum atomic E-state index is -0.826. The van der Waals surface area contributed by atoms with E-state index in [9.17, 15) is 0 Å². The van der Waals surface area contributed by atoms with Crippen LogP contribution in [-0.4, -0.2) is 0 Å². The summed E-state index contributed by atoms with van der Waals surface area (Å²) in [6.07, 6.45) is 3.49. The van der Waals surface area contributed by atoms with Gasteiger partial charge in [0, 0.05) is 0 Å². The molecule has 0 aromatic heterocycles. The molecule has 138 valence electrons. The van der Waals surface area contributed by atoms with Gasteiger partial charge in [0.25, 0.3) is 0 Å². The molecular weight excluding hydrogens is 438 g/mol. The summed E-state index contributed by atoms with van der Waals surface area (Å²) in [4.78, 5) is 0. The zero-order valence-corrected chi connectivity index (χ0v) is 20.0. The Morgan fingerprint density at radius 1 is 1.08 bits per heavy atom. The molecule has 0 spiro atoms. The number of hydrogen-bond donors (Lipinski definition) is 0. The summed E-state index contributed by atoms with van der Waals surface area (Å²) in [6, 6.07) is 18.3. The van der Waals surface area contributed by atoms with Gasteiger partial charge in [-0.1, -0.05) is 62.6 Å². The first-order valence-corrected chi connectivity index (χ1v) is 15.6. The van der Waals surface area contributed by atoms with E-state index in [4.69, 9.17) is 17.0 Å². The molecule has 0 nitrogen and oxygen atoms in total. The number of fused-ring (bicyclic) bond motifs is 1. The summed E-state index contributed by atoms with van der Waals surface area (Å²) in [5.74, 6) is 0.698. The molecule has 26 heavy (non-hydrogen) atoms. The van der Waals surface area contributed by atoms with Crippen molar-refractivity contribution in [3.63, 3.8) is 0 Å². The Bertz CT molecular complexity index is 833. The van der Waals surface area contributed by atoms with Crippen molar-refractivity contribution in [2.75, 3.05) is 0 Å². The molecule has 0 amide bonds. The molecule has 3 aromatic carbocycles. The van der Waals surface area contributed by atoms with Gasteiger partial charge in [-0.05, 0) is 36.8 Å². The van der Waals surface area contributed by atoms with E-state index in [1.165, 1.54) is 45.0 Å². The molecule has 0 aliphatic rings. The molecule has 3 rings (SSSR count). The molecule has 0 aliphatic heterocycles. The monoisotopic (exact) mass is 463 g/mol. The van der Waals surface area contributed by atoms with Gasteiger partial charge in [0.1, 0.15) is 0 Å². The molecule has 0 unspecified atom stereocenters. The van der Waals surface area contributed by atoms with E-state index in [-0.39, 0.29) is 0 Å². The molecule has 0 saturated carbocycles. The summed E-state index contributed by atoms with van der Waals surface area (Å²) < 4.78 is 0. The molecule has 3 aromatic rings. The minimum absolute atomic E-state index is 0.698. The van der Waals surface area contributed by atoms with E-state index in [0.29, 0.717) is 5.92 Å². The van der Waals surface area contributed by atoms with Gasteiger partial charge in [0.15, 0.2) is 0 Å². The molecule has 0 aliphatic carbocycles. The number of rotatable bonds is 5. The van der Waals surface area contributed by atoms with Crippen LogP contribution >= 0.6 is 17.0 Å². The second-order valence-electron chi connectivity index (χ2n) is 7.20. The van der Waals surface area contributed by atoms with Crippen LogP contribution in [-0.2, 0) is 33.7 Å². The first-order chi connectivity index (χ1) is 12.5. The van der Waals surface area contributed by atoms with Crippen LogP contribution in [0.4, 0.5) is 0 Å². The van der Waals surface area contributed by atoms with Gasteiger partial charge in [0.2, 0.25) is 0 Å². The van der Waals surface area contributed by atoms with Crippen molar-refractivity contribution >= 4 is 27.8 Å². The van der Waals surface area contributed by atoms with Crippen LogP contribution in [0.5, 0.6) is 0 Å². The first-order valence-electron chi connectivity index (χ1n) is 9.25. The average molecular weight is 466 g/mol. The predicted octanol–water partition coefficient (Wildman–Crippen LogP) is 8.06. The van der Waals surface area contributed by atoms with Gasteiger partial charge in [-0.3, -0.25) is 0 Å². The van der Waals surface area contributed by atoms with Crippen molar-refractivity contribution in [2.24, 2.45) is 5.92 Å². The van der Waals surface area contributed by atoms with Crippen LogP contribution in [0, 0.1) is 12.8 Å². The summed E-state index contributed by atoms with van der Waals surface area (Å²) in [7, 11) is 9.87. The van der Waals surface area contributed by atoms with E-state index in [1.807, 2.05) is 0 Å². The molecule has 3 heteroatoms. The van der Waals surface area contributed by atoms with Crippen molar-refractivity contribution in [1.82, 2.24) is 0 Å². The Morgan fingerprint density at radius 3 is 2.38 bits per heavy atom. The third-order valence-electron chi connectivity index (χ3n) is 4.61. The SMILES string of the molecule is CCCc1ccc2[cH-]c(CC(C)C)cc2c1-c1ccccc1C.[Cl][Zr][Cl]. The van der Waals surface area contributed by atoms with Crippen LogP contribution in [0.25, 0.3) is 21.9 Å². The third kappa shape index (κ3) is 5.51. The van der Waals surface area contributed by atoms with E-state index in [2.05, 4.69) is 76.2 Å². The van der Waals surface area contributed by atoms with Gasteiger partial charge < -0.3 is 0 Å². The summed E-state index contributed by atoms with van der Waals surface area (Å²) in [6.45, 7) is 9.08. The summed E-state index contributed by atoms with van der Waals surface area (Å²) >= 11 is -0.826. The van der Waals surface area contributed by atoms with Crippen molar-refractivity contribution < 1.29 is 20.8 Å². The first kappa shape index (κ1) is 21.8. The van der Waals surface area contributed by atoms with E-state index >= 15 is 0 Å². The molecule has 0 radical (unpaired) electrons. The number of hydrogen-bond acceptors (Lipinski definition) is 0. The Balaban J connectivity index is 0.000000758. The standard InChI is InChI=1S/C23H27.2ClH.Zr/c1-5-8-19-11-12-20-14-18(13-16(2)3)15-22(20)23(19)21-10-7-6-9-17(21)4;;;/h6-7,9-12,14-16H,5,8,13H2,1-4H3;2*1H;/q-1;;;+2/p-2. The maximum atomic E-state index is 4.93. The van der Waals surface area contributed by atoms with Crippen LogP contribution in [0.2, 0.25) is 0 Å². The Kier molecular flexibility index (Phi) is 9.01. The average Bonchev–Trinajstić information content (AvgIpc) is 2.98. The van der Waals surface area contributed by atoms with Gasteiger partial charge in [-0.25, -0.2) is 0 Å². The second-order valence-corrected chi connectivity index (χ2v) is 10.9. The quantitative estimate of drug-likeness (QED) is 0.334. The van der Waals surface area contributed by atoms with Gasteiger partial charge in [-0.2, -0.15) is 6.07 Å². The Hall–Kier alpha value is -0.487. The molecular formula is C23H27Cl2Zr-. The fourth-order valence-electron chi connectivity index (χ4n) is 3.63. The van der Waals surface area contributed by atoms with Crippen molar-refractivity contribution in [2.45, 2.75) is 47.0 Å². The topological polar surface area (TPSA) is 0 Å². The van der Waals surface area contributed by atoms with Crippen LogP contribution in [0.15, 0.2) is 48.5 Å². The number of halogens is 2. The fourth-order valence-corrected chi connectivity index (χ4v) is 3.63. The zero-order valence-electron chi connectivity index (χ0n) is 16.1. The summed E-state index contributed by atoms with van der Waals surface area (Å²) in [5.41, 5.74) is 7.17. The zero-order chi connectivity index (χ0) is 19.1. The van der Waals surface area contributed by atoms with E-state index in [0.717, 1.165) is 12.8 Å². The van der Waals surface area contributed by atoms with E-state index < -0.39 is 20.8 Å². The van der Waals surface area contributed by atoms with Gasteiger partial charge in [-0.15, -0.1) is 34.5 Å². The number of benzene rings is 2. The third-order valence-corrected chi connectivity index (χ3v) is 4.61. The summed E-state index contributed by atoms with van der Waals surface area (Å²) in [5, 5.41) is 2.82. The van der Waals surface area contributed by atoms with Crippen LogP contribution < -0.4 is 0 Å². The van der Waals surface area contributed by atoms with Crippen LogP contribution in [0.3, 0.4) is 0 Å². The van der Waals surface area contributed by atoms with Crippen molar-refractivity contribution in [1.29, 1.82) is 0 Å². The molecule has 0 N–H and O–H groups in total. The van der Waals surface area contributed by atoms with Crippen molar-refractivity contribution in [3.8, 4) is 11.1 Å². The van der Waals surface area contributed by atoms with Gasteiger partial charge >= 0.3 is 37.9 Å². The molecule has 0 fully saturated rings. The molecule has 0 bridgehead atoms. The predicted molar refractivity (Wildman–Crippen MR) is 114 cm³/mol. The van der Waals surface area contributed by atoms with E-state index in [1.54, 1.807) is 0 Å². The molecule has 0 saturated heterocycles. The normalized spacial score (nSPS) is 10.7. The Morgan fingerprint density at radius 2 is 1.77 bits per heavy atom. The maximum absolute atomic E-state index is 4.93.